The highest BCUT2D eigenvalue weighted by molar-refractivity contribution is 9.10. The molecule has 1 fully saturated rings. The van der Waals surface area contributed by atoms with Gasteiger partial charge in [0.25, 0.3) is 5.69 Å². The molecule has 1 aliphatic heterocycles. The molecule has 1 aromatic rings. The van der Waals surface area contributed by atoms with Gasteiger partial charge in [-0.05, 0) is 22.9 Å². The van der Waals surface area contributed by atoms with Gasteiger partial charge in [0.15, 0.2) is 0 Å². The minimum atomic E-state index is -0.520. The number of aromatic nitrogens is 1. The molecule has 1 aromatic heterocycles. The Bertz CT molecular complexity index is 565. The fourth-order valence-corrected chi connectivity index (χ4v) is 2.69. The molecule has 1 unspecified atom stereocenters. The molecule has 2 rings (SSSR count). The minimum Gasteiger partial charge on any atom is -0.368 e. The first-order valence-corrected chi connectivity index (χ1v) is 6.79. The Balaban J connectivity index is 2.44. The normalized spacial score (nSPS) is 18.9. The van der Waals surface area contributed by atoms with Crippen LogP contribution in [0.2, 0.25) is 0 Å². The van der Waals surface area contributed by atoms with E-state index < -0.39 is 16.9 Å². The van der Waals surface area contributed by atoms with Gasteiger partial charge in [-0.25, -0.2) is 4.98 Å². The number of hydrogen-bond donors (Lipinski definition) is 2. The van der Waals surface area contributed by atoms with E-state index in [9.17, 15) is 14.9 Å². The monoisotopic (exact) mass is 343 g/mol. The van der Waals surface area contributed by atoms with Crippen LogP contribution in [0, 0.1) is 17.0 Å². The van der Waals surface area contributed by atoms with Crippen molar-refractivity contribution in [3.63, 3.8) is 0 Å². The first-order valence-electron chi connectivity index (χ1n) is 5.99. The Morgan fingerprint density at radius 1 is 1.70 bits per heavy atom. The highest BCUT2D eigenvalue weighted by Crippen LogP contribution is 2.33. The van der Waals surface area contributed by atoms with Gasteiger partial charge in [-0.3, -0.25) is 14.9 Å². The van der Waals surface area contributed by atoms with Crippen molar-refractivity contribution < 1.29 is 9.72 Å². The zero-order chi connectivity index (χ0) is 14.9. The van der Waals surface area contributed by atoms with Crippen LogP contribution >= 0.6 is 15.9 Å². The molecule has 0 aliphatic carbocycles. The van der Waals surface area contributed by atoms with Crippen molar-refractivity contribution in [2.45, 2.75) is 13.0 Å². The molecular formula is C11H14BrN5O3. The highest BCUT2D eigenvalue weighted by Gasteiger charge is 2.30. The first kappa shape index (κ1) is 14.7. The molecule has 9 heteroatoms. The second-order valence-corrected chi connectivity index (χ2v) is 5.27. The van der Waals surface area contributed by atoms with E-state index in [0.29, 0.717) is 35.5 Å². The number of anilines is 1. The number of piperazine rings is 1. The quantitative estimate of drug-likeness (QED) is 0.603. The van der Waals surface area contributed by atoms with Crippen LogP contribution in [0.1, 0.15) is 5.56 Å². The van der Waals surface area contributed by atoms with Gasteiger partial charge in [0.2, 0.25) is 5.91 Å². The van der Waals surface area contributed by atoms with E-state index in [4.69, 9.17) is 5.73 Å². The van der Waals surface area contributed by atoms with Crippen molar-refractivity contribution in [1.29, 1.82) is 0 Å². The summed E-state index contributed by atoms with van der Waals surface area (Å²) in [4.78, 5) is 27.8. The third-order valence-corrected chi connectivity index (χ3v) is 4.21. The number of nitrogens with one attached hydrogen (secondary N) is 1. The maximum Gasteiger partial charge on any atom is 0.291 e. The topological polar surface area (TPSA) is 114 Å². The van der Waals surface area contributed by atoms with Gasteiger partial charge >= 0.3 is 0 Å². The van der Waals surface area contributed by atoms with E-state index in [0.717, 1.165) is 0 Å². The standard InChI is InChI=1S/C11H14BrN5O3/c1-6-7(17(19)20)5-15-11(9(6)12)16-3-2-14-4-8(16)10(13)18/h5,8,14H,2-4H2,1H3,(H2,13,18). The molecular weight excluding hydrogens is 330 g/mol. The summed E-state index contributed by atoms with van der Waals surface area (Å²) >= 11 is 3.33. The van der Waals surface area contributed by atoms with Crippen LogP contribution in [0.25, 0.3) is 0 Å². The lowest BCUT2D eigenvalue weighted by molar-refractivity contribution is -0.385. The Morgan fingerprint density at radius 3 is 3.00 bits per heavy atom. The number of nitrogens with two attached hydrogens (primary N) is 1. The first-order chi connectivity index (χ1) is 9.43. The van der Waals surface area contributed by atoms with Crippen molar-refractivity contribution in [3.8, 4) is 0 Å². The molecule has 1 saturated heterocycles. The minimum absolute atomic E-state index is 0.0635. The van der Waals surface area contributed by atoms with Crippen molar-refractivity contribution >= 4 is 33.3 Å². The summed E-state index contributed by atoms with van der Waals surface area (Å²) in [5.41, 5.74) is 5.80. The van der Waals surface area contributed by atoms with E-state index in [1.807, 2.05) is 0 Å². The number of pyridine rings is 1. The van der Waals surface area contributed by atoms with Gasteiger partial charge < -0.3 is 16.0 Å². The van der Waals surface area contributed by atoms with Crippen LogP contribution in [-0.4, -0.2) is 41.5 Å². The molecule has 1 aliphatic rings. The van der Waals surface area contributed by atoms with Gasteiger partial charge in [0, 0.05) is 25.2 Å². The molecule has 0 saturated carbocycles. The molecule has 0 radical (unpaired) electrons. The van der Waals surface area contributed by atoms with Crippen LogP contribution in [0.3, 0.4) is 0 Å². The number of nitrogens with zero attached hydrogens (tertiary/aromatic N) is 3. The molecule has 8 nitrogen and oxygen atoms in total. The van der Waals surface area contributed by atoms with Gasteiger partial charge in [0.05, 0.1) is 9.40 Å². The van der Waals surface area contributed by atoms with E-state index in [1.54, 1.807) is 11.8 Å². The van der Waals surface area contributed by atoms with Gasteiger partial charge in [-0.1, -0.05) is 0 Å². The summed E-state index contributed by atoms with van der Waals surface area (Å²) in [6, 6.07) is -0.520. The van der Waals surface area contributed by atoms with E-state index in [2.05, 4.69) is 26.2 Å². The van der Waals surface area contributed by atoms with E-state index in [-0.39, 0.29) is 5.69 Å². The lowest BCUT2D eigenvalue weighted by Gasteiger charge is -2.35. The number of nitro groups is 1. The zero-order valence-electron chi connectivity index (χ0n) is 10.8. The Morgan fingerprint density at radius 2 is 2.40 bits per heavy atom. The molecule has 20 heavy (non-hydrogen) atoms. The molecule has 108 valence electrons. The number of halogens is 1. The molecule has 3 N–H and O–H groups in total. The smallest absolute Gasteiger partial charge is 0.291 e. The van der Waals surface area contributed by atoms with E-state index >= 15 is 0 Å². The van der Waals surface area contributed by atoms with Gasteiger partial charge in [-0.2, -0.15) is 0 Å². The van der Waals surface area contributed by atoms with Crippen LogP contribution in [-0.2, 0) is 4.79 Å². The maximum absolute atomic E-state index is 11.5. The summed E-state index contributed by atoms with van der Waals surface area (Å²) in [5.74, 6) is 0.0419. The number of primary amides is 1. The fraction of sp³-hybridized carbons (Fsp3) is 0.455. The van der Waals surface area contributed by atoms with Crippen LogP contribution in [0.15, 0.2) is 10.7 Å². The number of carbonyl (C=O) groups excluding carboxylic acids is 1. The Hall–Kier alpha value is -1.74. The number of rotatable bonds is 3. The predicted octanol–water partition coefficient (Wildman–Crippen LogP) is 0.324. The summed E-state index contributed by atoms with van der Waals surface area (Å²) in [6.45, 7) is 3.30. The van der Waals surface area contributed by atoms with E-state index in [1.165, 1.54) is 6.20 Å². The number of hydrogen-bond acceptors (Lipinski definition) is 6. The maximum atomic E-state index is 11.5. The lowest BCUT2D eigenvalue weighted by Crippen LogP contribution is -2.57. The predicted molar refractivity (Wildman–Crippen MR) is 76.5 cm³/mol. The SMILES string of the molecule is Cc1c([N+](=O)[O-])cnc(N2CCNCC2C(N)=O)c1Br. The van der Waals surface area contributed by atoms with Gasteiger partial charge in [0.1, 0.15) is 18.1 Å². The van der Waals surface area contributed by atoms with Crippen molar-refractivity contribution in [2.24, 2.45) is 5.73 Å². The Kier molecular flexibility index (Phi) is 4.19. The Labute approximate surface area is 123 Å². The molecule has 2 heterocycles. The molecule has 0 spiro atoms. The number of amides is 1. The third kappa shape index (κ3) is 2.59. The molecule has 1 amide bonds. The second-order valence-electron chi connectivity index (χ2n) is 4.48. The highest BCUT2D eigenvalue weighted by atomic mass is 79.9. The lowest BCUT2D eigenvalue weighted by atomic mass is 10.1. The van der Waals surface area contributed by atoms with Crippen molar-refractivity contribution in [3.05, 3.63) is 26.3 Å². The number of carbonyl (C=O) groups is 1. The van der Waals surface area contributed by atoms with Crippen molar-refractivity contribution in [2.75, 3.05) is 24.5 Å². The van der Waals surface area contributed by atoms with Crippen LogP contribution in [0.4, 0.5) is 11.5 Å². The average molecular weight is 344 g/mol. The fourth-order valence-electron chi connectivity index (χ4n) is 2.15. The molecule has 0 bridgehead atoms. The molecule has 0 aromatic carbocycles. The molecule has 1 atom stereocenters. The summed E-state index contributed by atoms with van der Waals surface area (Å²) in [5, 5.41) is 14.0. The largest absolute Gasteiger partial charge is 0.368 e. The second kappa shape index (κ2) is 5.71. The zero-order valence-corrected chi connectivity index (χ0v) is 12.4. The van der Waals surface area contributed by atoms with Crippen LogP contribution in [0.5, 0.6) is 0 Å². The van der Waals surface area contributed by atoms with Crippen molar-refractivity contribution in [1.82, 2.24) is 10.3 Å². The van der Waals surface area contributed by atoms with Crippen LogP contribution < -0.4 is 16.0 Å². The summed E-state index contributed by atoms with van der Waals surface area (Å²) in [6.07, 6.45) is 1.20. The van der Waals surface area contributed by atoms with Gasteiger partial charge in [-0.15, -0.1) is 0 Å². The third-order valence-electron chi connectivity index (χ3n) is 3.26. The summed E-state index contributed by atoms with van der Waals surface area (Å²) < 4.78 is 0.514. The average Bonchev–Trinajstić information content (AvgIpc) is 2.41. The summed E-state index contributed by atoms with van der Waals surface area (Å²) in [7, 11) is 0.